The van der Waals surface area contributed by atoms with Gasteiger partial charge in [0, 0.05) is 24.6 Å². The van der Waals surface area contributed by atoms with Gasteiger partial charge in [-0.25, -0.2) is 22.2 Å². The Labute approximate surface area is 171 Å². The minimum Gasteiger partial charge on any atom is -0.491 e. The molecule has 0 spiro atoms. The highest BCUT2D eigenvalue weighted by Gasteiger charge is 2.16. The Morgan fingerprint density at radius 3 is 2.52 bits per heavy atom. The second kappa shape index (κ2) is 9.29. The van der Waals surface area contributed by atoms with Crippen molar-refractivity contribution in [2.75, 3.05) is 25.0 Å². The van der Waals surface area contributed by atoms with E-state index < -0.39 is 21.7 Å². The van der Waals surface area contributed by atoms with Gasteiger partial charge < -0.3 is 9.47 Å². The zero-order chi connectivity index (χ0) is 20.9. The van der Waals surface area contributed by atoms with Crippen LogP contribution >= 0.6 is 11.3 Å². The van der Waals surface area contributed by atoms with E-state index in [1.807, 2.05) is 0 Å². The Morgan fingerprint density at radius 1 is 1.07 bits per heavy atom. The van der Waals surface area contributed by atoms with Crippen LogP contribution < -0.4 is 9.46 Å². The van der Waals surface area contributed by atoms with E-state index in [0.717, 1.165) is 23.5 Å². The van der Waals surface area contributed by atoms with Crippen molar-refractivity contribution in [3.63, 3.8) is 0 Å². The summed E-state index contributed by atoms with van der Waals surface area (Å²) in [5, 5.41) is 0.183. The number of hydrogen-bond acceptors (Lipinski definition) is 6. The summed E-state index contributed by atoms with van der Waals surface area (Å²) in [5.41, 5.74) is 0.561. The second-order valence-electron chi connectivity index (χ2n) is 5.98. The number of halogens is 2. The SMILES string of the molecule is COCCOc1ccc(S(=O)(=O)Nc2ncc(Cc3ccc(F)c(F)c3)s2)cc1. The molecule has 0 radical (unpaired) electrons. The monoisotopic (exact) mass is 440 g/mol. The Kier molecular flexibility index (Phi) is 6.78. The molecule has 0 unspecified atom stereocenters. The van der Waals surface area contributed by atoms with Gasteiger partial charge in [0.1, 0.15) is 12.4 Å². The zero-order valence-corrected chi connectivity index (χ0v) is 17.0. The summed E-state index contributed by atoms with van der Waals surface area (Å²) in [5.74, 6) is -1.31. The Bertz CT molecular complexity index is 1070. The summed E-state index contributed by atoms with van der Waals surface area (Å²) < 4.78 is 64.1. The average Bonchev–Trinajstić information content (AvgIpc) is 3.11. The van der Waals surface area contributed by atoms with Crippen LogP contribution in [-0.2, 0) is 21.2 Å². The molecule has 2 aromatic carbocycles. The quantitative estimate of drug-likeness (QED) is 0.512. The van der Waals surface area contributed by atoms with Crippen LogP contribution in [0.25, 0.3) is 0 Å². The van der Waals surface area contributed by atoms with Crippen molar-refractivity contribution >= 4 is 26.5 Å². The van der Waals surface area contributed by atoms with E-state index in [0.29, 0.717) is 35.8 Å². The van der Waals surface area contributed by atoms with E-state index in [9.17, 15) is 17.2 Å². The van der Waals surface area contributed by atoms with Gasteiger partial charge in [-0.3, -0.25) is 4.72 Å². The molecule has 0 fully saturated rings. The Morgan fingerprint density at radius 2 is 1.83 bits per heavy atom. The zero-order valence-electron chi connectivity index (χ0n) is 15.4. The van der Waals surface area contributed by atoms with Crippen LogP contribution in [0.1, 0.15) is 10.4 Å². The first-order valence-corrected chi connectivity index (χ1v) is 10.8. The number of anilines is 1. The number of hydrogen-bond donors (Lipinski definition) is 1. The molecular formula is C19H18F2N2O4S2. The van der Waals surface area contributed by atoms with Gasteiger partial charge in [0.25, 0.3) is 10.0 Å². The van der Waals surface area contributed by atoms with E-state index in [4.69, 9.17) is 9.47 Å². The van der Waals surface area contributed by atoms with E-state index in [-0.39, 0.29) is 10.0 Å². The molecule has 29 heavy (non-hydrogen) atoms. The molecule has 6 nitrogen and oxygen atoms in total. The summed E-state index contributed by atoms with van der Waals surface area (Å²) in [6.07, 6.45) is 1.81. The summed E-state index contributed by atoms with van der Waals surface area (Å²) in [6, 6.07) is 9.60. The van der Waals surface area contributed by atoms with Gasteiger partial charge in [0.05, 0.1) is 11.5 Å². The Balaban J connectivity index is 1.65. The van der Waals surface area contributed by atoms with Crippen LogP contribution in [0.2, 0.25) is 0 Å². The molecule has 0 saturated carbocycles. The van der Waals surface area contributed by atoms with Crippen LogP contribution in [0, 0.1) is 11.6 Å². The van der Waals surface area contributed by atoms with Crippen molar-refractivity contribution in [1.29, 1.82) is 0 Å². The fraction of sp³-hybridized carbons (Fsp3) is 0.211. The molecule has 1 N–H and O–H groups in total. The van der Waals surface area contributed by atoms with E-state index in [1.54, 1.807) is 19.2 Å². The molecule has 0 atom stereocenters. The number of methoxy groups -OCH3 is 1. The number of aromatic nitrogens is 1. The maximum absolute atomic E-state index is 13.3. The summed E-state index contributed by atoms with van der Waals surface area (Å²) in [4.78, 5) is 4.82. The second-order valence-corrected chi connectivity index (χ2v) is 8.77. The first kappa shape index (κ1) is 21.2. The van der Waals surface area contributed by atoms with Crippen LogP contribution in [0.3, 0.4) is 0 Å². The highest BCUT2D eigenvalue weighted by atomic mass is 32.2. The number of rotatable bonds is 9. The molecule has 1 aromatic heterocycles. The highest BCUT2D eigenvalue weighted by Crippen LogP contribution is 2.25. The topological polar surface area (TPSA) is 77.5 Å². The molecule has 3 aromatic rings. The first-order valence-electron chi connectivity index (χ1n) is 8.50. The number of benzene rings is 2. The van der Waals surface area contributed by atoms with E-state index in [1.165, 1.54) is 24.4 Å². The number of sulfonamides is 1. The molecule has 0 amide bonds. The van der Waals surface area contributed by atoms with Crippen molar-refractivity contribution in [2.24, 2.45) is 0 Å². The standard InChI is InChI=1S/C19H18F2N2O4S2/c1-26-8-9-27-14-3-5-16(6-4-14)29(24,25)23-19-22-12-15(28-19)10-13-2-7-17(20)18(21)11-13/h2-7,11-12H,8-10H2,1H3,(H,22,23). The number of nitrogens with one attached hydrogen (secondary N) is 1. The minimum atomic E-state index is -3.82. The lowest BCUT2D eigenvalue weighted by Gasteiger charge is -2.08. The van der Waals surface area contributed by atoms with Crippen molar-refractivity contribution < 1.29 is 26.7 Å². The smallest absolute Gasteiger partial charge is 0.263 e. The predicted octanol–water partition coefficient (Wildman–Crippen LogP) is 3.84. The predicted molar refractivity (Wildman–Crippen MR) is 106 cm³/mol. The van der Waals surface area contributed by atoms with Gasteiger partial charge in [-0.15, -0.1) is 11.3 Å². The maximum Gasteiger partial charge on any atom is 0.263 e. The maximum atomic E-state index is 13.3. The van der Waals surface area contributed by atoms with Crippen molar-refractivity contribution in [2.45, 2.75) is 11.3 Å². The van der Waals surface area contributed by atoms with E-state index >= 15 is 0 Å². The number of thiazole rings is 1. The lowest BCUT2D eigenvalue weighted by molar-refractivity contribution is 0.146. The molecular weight excluding hydrogens is 422 g/mol. The minimum absolute atomic E-state index is 0.0638. The van der Waals surface area contributed by atoms with Gasteiger partial charge in [-0.05, 0) is 42.0 Å². The fourth-order valence-electron chi connectivity index (χ4n) is 2.42. The molecule has 0 aliphatic heterocycles. The van der Waals surface area contributed by atoms with Gasteiger partial charge in [0.2, 0.25) is 0 Å². The number of nitrogens with zero attached hydrogens (tertiary/aromatic N) is 1. The molecule has 0 aliphatic carbocycles. The van der Waals surface area contributed by atoms with Crippen molar-refractivity contribution in [1.82, 2.24) is 4.98 Å². The molecule has 3 rings (SSSR count). The summed E-state index contributed by atoms with van der Waals surface area (Å²) in [7, 11) is -2.26. The lowest BCUT2D eigenvalue weighted by atomic mass is 10.1. The molecule has 1 heterocycles. The first-order chi connectivity index (χ1) is 13.9. The molecule has 0 saturated heterocycles. The molecule has 154 valence electrons. The van der Waals surface area contributed by atoms with Gasteiger partial charge in [-0.1, -0.05) is 6.07 Å². The third-order valence-corrected chi connectivity index (χ3v) is 6.22. The normalized spacial score (nSPS) is 11.4. The van der Waals surface area contributed by atoms with Gasteiger partial charge >= 0.3 is 0 Å². The Hall–Kier alpha value is -2.56. The van der Waals surface area contributed by atoms with Crippen LogP contribution in [0.5, 0.6) is 5.75 Å². The average molecular weight is 440 g/mol. The fourth-order valence-corrected chi connectivity index (χ4v) is 4.51. The summed E-state index contributed by atoms with van der Waals surface area (Å²) in [6.45, 7) is 0.791. The lowest BCUT2D eigenvalue weighted by Crippen LogP contribution is -2.12. The number of ether oxygens (including phenoxy) is 2. The highest BCUT2D eigenvalue weighted by molar-refractivity contribution is 7.93. The third-order valence-electron chi connectivity index (χ3n) is 3.83. The van der Waals surface area contributed by atoms with Crippen LogP contribution in [-0.4, -0.2) is 33.7 Å². The summed E-state index contributed by atoms with van der Waals surface area (Å²) >= 11 is 1.12. The van der Waals surface area contributed by atoms with Gasteiger partial charge in [-0.2, -0.15) is 0 Å². The molecule has 0 aliphatic rings. The molecule has 10 heteroatoms. The van der Waals surface area contributed by atoms with Crippen LogP contribution in [0.15, 0.2) is 53.6 Å². The third kappa shape index (κ3) is 5.72. The van der Waals surface area contributed by atoms with Gasteiger partial charge in [0.15, 0.2) is 16.8 Å². The largest absolute Gasteiger partial charge is 0.491 e. The van der Waals surface area contributed by atoms with Crippen LogP contribution in [0.4, 0.5) is 13.9 Å². The van der Waals surface area contributed by atoms with Crippen molar-refractivity contribution in [3.8, 4) is 5.75 Å². The molecule has 0 bridgehead atoms. The van der Waals surface area contributed by atoms with Crippen molar-refractivity contribution in [3.05, 3.63) is 70.7 Å². The van der Waals surface area contributed by atoms with E-state index in [2.05, 4.69) is 9.71 Å².